The van der Waals surface area contributed by atoms with Crippen molar-refractivity contribution in [2.45, 2.75) is 33.2 Å². The van der Waals surface area contributed by atoms with Gasteiger partial charge in [-0.25, -0.2) is 4.98 Å². The highest BCUT2D eigenvalue weighted by Crippen LogP contribution is 2.36. The lowest BCUT2D eigenvalue weighted by Crippen LogP contribution is -2.28. The minimum atomic E-state index is -0.128. The van der Waals surface area contributed by atoms with Crippen LogP contribution < -0.4 is 10.3 Å². The molecule has 0 bridgehead atoms. The molecule has 5 rings (SSSR count). The summed E-state index contributed by atoms with van der Waals surface area (Å²) < 4.78 is 13.2. The number of fused-ring (bicyclic) bond motifs is 3. The van der Waals surface area contributed by atoms with Crippen molar-refractivity contribution in [3.05, 3.63) is 52.1 Å². The molecule has 2 atom stereocenters. The predicted octanol–water partition coefficient (Wildman–Crippen LogP) is 4.16. The standard InChI is InChI=1S/C24H26N4O3/c1-13-9-15(3)26-24(30-4)21(13)16-5-6-17-19(10-16)27-23(29)18-11-25-28(22(17)18)20-7-8-31-12-14(20)2/h5-6,9-11,14,20H,7-8,12H2,1-4H3,(H,27,29)/t14?,20-/m0/s1. The summed E-state index contributed by atoms with van der Waals surface area (Å²) in [4.78, 5) is 20.5. The fraction of sp³-hybridized carbons (Fsp3) is 0.375. The Bertz CT molecular complexity index is 1350. The Morgan fingerprint density at radius 3 is 2.84 bits per heavy atom. The molecule has 7 nitrogen and oxygen atoms in total. The monoisotopic (exact) mass is 418 g/mol. The van der Waals surface area contributed by atoms with Crippen LogP contribution in [-0.2, 0) is 4.74 Å². The number of nitrogens with one attached hydrogen (secondary N) is 1. The molecule has 0 amide bonds. The highest BCUT2D eigenvalue weighted by Gasteiger charge is 2.27. The Labute approximate surface area is 180 Å². The zero-order valence-corrected chi connectivity index (χ0v) is 18.2. The van der Waals surface area contributed by atoms with Gasteiger partial charge in [0.2, 0.25) is 5.88 Å². The number of hydrogen-bond acceptors (Lipinski definition) is 5. The van der Waals surface area contributed by atoms with Gasteiger partial charge in [-0.1, -0.05) is 19.1 Å². The van der Waals surface area contributed by atoms with Crippen LogP contribution in [0.25, 0.3) is 32.9 Å². The van der Waals surface area contributed by atoms with Gasteiger partial charge in [-0.3, -0.25) is 9.48 Å². The van der Waals surface area contributed by atoms with Crippen molar-refractivity contribution in [3.8, 4) is 17.0 Å². The van der Waals surface area contributed by atoms with Gasteiger partial charge in [0.25, 0.3) is 5.56 Å². The number of rotatable bonds is 3. The molecule has 0 spiro atoms. The Morgan fingerprint density at radius 2 is 2.06 bits per heavy atom. The van der Waals surface area contributed by atoms with Gasteiger partial charge in [-0.05, 0) is 43.5 Å². The first-order chi connectivity index (χ1) is 15.0. The van der Waals surface area contributed by atoms with Gasteiger partial charge in [0.15, 0.2) is 0 Å². The number of pyridine rings is 2. The maximum absolute atomic E-state index is 12.9. The third-order valence-electron chi connectivity index (χ3n) is 6.27. The molecule has 0 aliphatic carbocycles. The minimum Gasteiger partial charge on any atom is -0.481 e. The number of aryl methyl sites for hydroxylation is 2. The van der Waals surface area contributed by atoms with Crippen LogP contribution in [0, 0.1) is 19.8 Å². The molecule has 160 valence electrons. The van der Waals surface area contributed by atoms with Gasteiger partial charge in [-0.2, -0.15) is 5.10 Å². The first-order valence-electron chi connectivity index (χ1n) is 10.6. The normalized spacial score (nSPS) is 19.2. The molecule has 1 fully saturated rings. The molecule has 4 heterocycles. The summed E-state index contributed by atoms with van der Waals surface area (Å²) in [6.07, 6.45) is 2.57. The van der Waals surface area contributed by atoms with Crippen molar-refractivity contribution in [2.75, 3.05) is 20.3 Å². The second-order valence-corrected chi connectivity index (χ2v) is 8.44. The van der Waals surface area contributed by atoms with Crippen molar-refractivity contribution in [2.24, 2.45) is 5.92 Å². The van der Waals surface area contributed by atoms with E-state index in [1.807, 2.05) is 30.7 Å². The largest absolute Gasteiger partial charge is 0.481 e. The molecular weight excluding hydrogens is 392 g/mol. The van der Waals surface area contributed by atoms with E-state index in [9.17, 15) is 4.79 Å². The van der Waals surface area contributed by atoms with E-state index in [-0.39, 0.29) is 11.6 Å². The summed E-state index contributed by atoms with van der Waals surface area (Å²) >= 11 is 0. The Kier molecular flexibility index (Phi) is 4.78. The van der Waals surface area contributed by atoms with Crippen molar-refractivity contribution in [1.82, 2.24) is 19.7 Å². The molecule has 1 unspecified atom stereocenters. The average molecular weight is 418 g/mol. The third-order valence-corrected chi connectivity index (χ3v) is 6.27. The first kappa shape index (κ1) is 19.8. The second-order valence-electron chi connectivity index (χ2n) is 8.44. The van der Waals surface area contributed by atoms with Crippen LogP contribution in [0.3, 0.4) is 0 Å². The second kappa shape index (κ2) is 7.50. The Balaban J connectivity index is 1.74. The molecular formula is C24H26N4O3. The highest BCUT2D eigenvalue weighted by atomic mass is 16.5. The summed E-state index contributed by atoms with van der Waals surface area (Å²) in [5, 5.41) is 6.22. The molecule has 31 heavy (non-hydrogen) atoms. The molecule has 1 aliphatic heterocycles. The van der Waals surface area contributed by atoms with Gasteiger partial charge in [-0.15, -0.1) is 0 Å². The zero-order chi connectivity index (χ0) is 21.7. The van der Waals surface area contributed by atoms with Gasteiger partial charge >= 0.3 is 0 Å². The number of aromatic nitrogens is 4. The van der Waals surface area contributed by atoms with Crippen LogP contribution in [0.4, 0.5) is 0 Å². The van der Waals surface area contributed by atoms with Gasteiger partial charge < -0.3 is 14.5 Å². The Morgan fingerprint density at radius 1 is 1.23 bits per heavy atom. The lowest BCUT2D eigenvalue weighted by Gasteiger charge is -2.29. The van der Waals surface area contributed by atoms with E-state index in [2.05, 4.69) is 34.1 Å². The molecule has 3 aromatic heterocycles. The summed E-state index contributed by atoms with van der Waals surface area (Å²) in [6, 6.07) is 8.37. The summed E-state index contributed by atoms with van der Waals surface area (Å²) in [5.74, 6) is 0.914. The van der Waals surface area contributed by atoms with Gasteiger partial charge in [0, 0.05) is 29.2 Å². The van der Waals surface area contributed by atoms with Crippen LogP contribution in [-0.4, -0.2) is 40.1 Å². The zero-order valence-electron chi connectivity index (χ0n) is 18.2. The molecule has 1 aromatic carbocycles. The van der Waals surface area contributed by atoms with Crippen LogP contribution in [0.1, 0.15) is 30.6 Å². The number of methoxy groups -OCH3 is 1. The fourth-order valence-electron chi connectivity index (χ4n) is 4.78. The van der Waals surface area contributed by atoms with Crippen LogP contribution >= 0.6 is 0 Å². The highest BCUT2D eigenvalue weighted by molar-refractivity contribution is 6.04. The summed E-state index contributed by atoms with van der Waals surface area (Å²) in [6.45, 7) is 7.58. The smallest absolute Gasteiger partial charge is 0.259 e. The van der Waals surface area contributed by atoms with E-state index in [4.69, 9.17) is 9.47 Å². The molecule has 0 saturated carbocycles. The maximum Gasteiger partial charge on any atom is 0.259 e. The number of aromatic amines is 1. The van der Waals surface area contributed by atoms with Gasteiger partial charge in [0.05, 0.1) is 42.4 Å². The Hall–Kier alpha value is -3.19. The molecule has 7 heteroatoms. The topological polar surface area (TPSA) is 82.0 Å². The number of H-pyrrole nitrogens is 1. The van der Waals surface area contributed by atoms with Crippen molar-refractivity contribution in [3.63, 3.8) is 0 Å². The maximum atomic E-state index is 12.9. The predicted molar refractivity (Wildman–Crippen MR) is 121 cm³/mol. The molecule has 1 saturated heterocycles. The van der Waals surface area contributed by atoms with E-state index in [0.717, 1.165) is 45.2 Å². The van der Waals surface area contributed by atoms with E-state index >= 15 is 0 Å². The van der Waals surface area contributed by atoms with Crippen molar-refractivity contribution >= 4 is 21.8 Å². The minimum absolute atomic E-state index is 0.128. The van der Waals surface area contributed by atoms with Gasteiger partial charge in [0.1, 0.15) is 0 Å². The van der Waals surface area contributed by atoms with E-state index < -0.39 is 0 Å². The van der Waals surface area contributed by atoms with Crippen molar-refractivity contribution < 1.29 is 9.47 Å². The summed E-state index contributed by atoms with van der Waals surface area (Å²) in [7, 11) is 1.63. The van der Waals surface area contributed by atoms with Crippen molar-refractivity contribution in [1.29, 1.82) is 0 Å². The molecule has 4 aromatic rings. The quantitative estimate of drug-likeness (QED) is 0.540. The SMILES string of the molecule is COc1nc(C)cc(C)c1-c1ccc2c(c1)[nH]c(=O)c1cnn([C@H]3CCOCC3C)c12. The summed E-state index contributed by atoms with van der Waals surface area (Å²) in [5.41, 5.74) is 5.40. The molecule has 1 aliphatic rings. The molecule has 0 radical (unpaired) electrons. The van der Waals surface area contributed by atoms with E-state index in [1.165, 1.54) is 0 Å². The van der Waals surface area contributed by atoms with E-state index in [0.29, 0.717) is 30.4 Å². The first-order valence-corrected chi connectivity index (χ1v) is 10.6. The van der Waals surface area contributed by atoms with Crippen LogP contribution in [0.2, 0.25) is 0 Å². The lowest BCUT2D eigenvalue weighted by molar-refractivity contribution is 0.0264. The van der Waals surface area contributed by atoms with E-state index in [1.54, 1.807) is 13.3 Å². The molecule has 1 N–H and O–H groups in total. The van der Waals surface area contributed by atoms with Crippen LogP contribution in [0.15, 0.2) is 35.3 Å². The fourth-order valence-corrected chi connectivity index (χ4v) is 4.78. The third kappa shape index (κ3) is 3.20. The lowest BCUT2D eigenvalue weighted by atomic mass is 9.97. The number of benzene rings is 1. The number of ether oxygens (including phenoxy) is 2. The number of hydrogen-bond donors (Lipinski definition) is 1. The average Bonchev–Trinajstić information content (AvgIpc) is 3.19. The van der Waals surface area contributed by atoms with Crippen LogP contribution in [0.5, 0.6) is 5.88 Å². The number of nitrogens with zero attached hydrogens (tertiary/aromatic N) is 3.